The SMILES string of the molecule is CCN(C(=O)CCl)c1nc2ccccc2s1. The van der Waals surface area contributed by atoms with Crippen molar-refractivity contribution in [1.29, 1.82) is 0 Å². The van der Waals surface area contributed by atoms with Crippen LogP contribution in [0.1, 0.15) is 6.92 Å². The number of hydrogen-bond acceptors (Lipinski definition) is 3. The summed E-state index contributed by atoms with van der Waals surface area (Å²) in [5, 5.41) is 0.717. The molecule has 0 aliphatic carbocycles. The van der Waals surface area contributed by atoms with Crippen molar-refractivity contribution in [1.82, 2.24) is 4.98 Å². The highest BCUT2D eigenvalue weighted by molar-refractivity contribution is 7.22. The highest BCUT2D eigenvalue weighted by Gasteiger charge is 2.16. The summed E-state index contributed by atoms with van der Waals surface area (Å²) in [4.78, 5) is 17.6. The van der Waals surface area contributed by atoms with Crippen molar-refractivity contribution < 1.29 is 4.79 Å². The summed E-state index contributed by atoms with van der Waals surface area (Å²) in [6.07, 6.45) is 0. The Morgan fingerprint density at radius 3 is 2.88 bits per heavy atom. The summed E-state index contributed by atoms with van der Waals surface area (Å²) >= 11 is 7.07. The molecule has 0 spiro atoms. The first-order chi connectivity index (χ1) is 7.76. The molecule has 3 nitrogen and oxygen atoms in total. The molecule has 0 unspecified atom stereocenters. The van der Waals surface area contributed by atoms with E-state index in [4.69, 9.17) is 11.6 Å². The van der Waals surface area contributed by atoms with Gasteiger partial charge in [-0.1, -0.05) is 23.5 Å². The first-order valence-corrected chi connectivity index (χ1v) is 6.33. The number of rotatable bonds is 3. The van der Waals surface area contributed by atoms with Gasteiger partial charge in [0.15, 0.2) is 5.13 Å². The van der Waals surface area contributed by atoms with Crippen molar-refractivity contribution in [3.05, 3.63) is 24.3 Å². The van der Waals surface area contributed by atoms with Crippen LogP contribution < -0.4 is 4.90 Å². The van der Waals surface area contributed by atoms with E-state index >= 15 is 0 Å². The van der Waals surface area contributed by atoms with Crippen LogP contribution in [0.5, 0.6) is 0 Å². The fourth-order valence-corrected chi connectivity index (χ4v) is 2.66. The highest BCUT2D eigenvalue weighted by Crippen LogP contribution is 2.28. The molecule has 2 rings (SSSR count). The Balaban J connectivity index is 2.41. The lowest BCUT2D eigenvalue weighted by Crippen LogP contribution is -2.31. The number of fused-ring (bicyclic) bond motifs is 1. The standard InChI is InChI=1S/C11H11ClN2OS/c1-2-14(10(15)7-12)11-13-8-5-3-4-6-9(8)16-11/h3-6H,2,7H2,1H3. The van der Waals surface area contributed by atoms with E-state index in [2.05, 4.69) is 4.98 Å². The molecule has 0 aliphatic heterocycles. The van der Waals surface area contributed by atoms with Crippen molar-refractivity contribution in [2.75, 3.05) is 17.3 Å². The van der Waals surface area contributed by atoms with Crippen LogP contribution in [0.4, 0.5) is 5.13 Å². The molecular weight excluding hydrogens is 244 g/mol. The molecule has 5 heteroatoms. The molecular formula is C11H11ClN2OS. The molecule has 0 N–H and O–H groups in total. The van der Waals surface area contributed by atoms with E-state index in [-0.39, 0.29) is 11.8 Å². The van der Waals surface area contributed by atoms with Gasteiger partial charge in [-0.2, -0.15) is 0 Å². The number of anilines is 1. The monoisotopic (exact) mass is 254 g/mol. The first kappa shape index (κ1) is 11.4. The summed E-state index contributed by atoms with van der Waals surface area (Å²) in [6, 6.07) is 7.83. The normalized spacial score (nSPS) is 10.6. The van der Waals surface area contributed by atoms with E-state index in [1.807, 2.05) is 31.2 Å². The van der Waals surface area contributed by atoms with Crippen LogP contribution in [0.15, 0.2) is 24.3 Å². The minimum absolute atomic E-state index is 0.0102. The molecule has 2 aromatic rings. The second-order valence-electron chi connectivity index (χ2n) is 3.24. The Hall–Kier alpha value is -1.13. The number of alkyl halides is 1. The second-order valence-corrected chi connectivity index (χ2v) is 4.51. The van der Waals surface area contributed by atoms with Crippen LogP contribution in [0, 0.1) is 0 Å². The third-order valence-electron chi connectivity index (χ3n) is 2.25. The largest absolute Gasteiger partial charge is 0.287 e. The van der Waals surface area contributed by atoms with Crippen molar-refractivity contribution in [2.45, 2.75) is 6.92 Å². The van der Waals surface area contributed by atoms with Crippen LogP contribution in [0.25, 0.3) is 10.2 Å². The predicted molar refractivity (Wildman–Crippen MR) is 68.4 cm³/mol. The quantitative estimate of drug-likeness (QED) is 0.789. The zero-order valence-corrected chi connectivity index (χ0v) is 10.4. The molecule has 0 fully saturated rings. The van der Waals surface area contributed by atoms with Crippen molar-refractivity contribution in [3.8, 4) is 0 Å². The lowest BCUT2D eigenvalue weighted by Gasteiger charge is -2.15. The molecule has 0 aliphatic rings. The van der Waals surface area contributed by atoms with Gasteiger partial charge in [-0.15, -0.1) is 11.6 Å². The topological polar surface area (TPSA) is 33.2 Å². The van der Waals surface area contributed by atoms with E-state index < -0.39 is 0 Å². The Kier molecular flexibility index (Phi) is 3.41. The van der Waals surface area contributed by atoms with Gasteiger partial charge >= 0.3 is 0 Å². The third kappa shape index (κ3) is 2.03. The molecule has 0 atom stereocenters. The van der Waals surface area contributed by atoms with Crippen LogP contribution in [-0.2, 0) is 4.79 Å². The van der Waals surface area contributed by atoms with Gasteiger partial charge in [-0.25, -0.2) is 4.98 Å². The molecule has 84 valence electrons. The van der Waals surface area contributed by atoms with E-state index in [1.54, 1.807) is 4.90 Å². The minimum Gasteiger partial charge on any atom is -0.287 e. The maximum atomic E-state index is 11.6. The number of carbonyl (C=O) groups is 1. The Labute approximate surface area is 103 Å². The predicted octanol–water partition coefficient (Wildman–Crippen LogP) is 2.89. The molecule has 0 saturated carbocycles. The molecule has 0 saturated heterocycles. The Bertz CT molecular complexity index is 478. The number of para-hydroxylation sites is 1. The van der Waals surface area contributed by atoms with Gasteiger partial charge < -0.3 is 0 Å². The van der Waals surface area contributed by atoms with Gasteiger partial charge in [0.25, 0.3) is 0 Å². The molecule has 16 heavy (non-hydrogen) atoms. The number of amides is 1. The smallest absolute Gasteiger partial charge is 0.243 e. The number of benzene rings is 1. The van der Waals surface area contributed by atoms with E-state index in [0.29, 0.717) is 11.7 Å². The number of nitrogens with zero attached hydrogens (tertiary/aromatic N) is 2. The lowest BCUT2D eigenvalue weighted by molar-refractivity contribution is -0.116. The summed E-state index contributed by atoms with van der Waals surface area (Å²) in [5.74, 6) is -0.118. The van der Waals surface area contributed by atoms with Gasteiger partial charge in [0, 0.05) is 6.54 Å². The Morgan fingerprint density at radius 1 is 1.50 bits per heavy atom. The molecule has 0 bridgehead atoms. The number of carbonyl (C=O) groups excluding carboxylic acids is 1. The Morgan fingerprint density at radius 2 is 2.25 bits per heavy atom. The average Bonchev–Trinajstić information content (AvgIpc) is 2.72. The van der Waals surface area contributed by atoms with Gasteiger partial charge in [0.2, 0.25) is 5.91 Å². The molecule has 1 heterocycles. The summed E-state index contributed by atoms with van der Waals surface area (Å²) in [6.45, 7) is 2.50. The van der Waals surface area contributed by atoms with Crippen LogP contribution in [0.3, 0.4) is 0 Å². The van der Waals surface area contributed by atoms with Crippen molar-refractivity contribution in [2.24, 2.45) is 0 Å². The fraction of sp³-hybridized carbons (Fsp3) is 0.273. The second kappa shape index (κ2) is 4.80. The molecule has 1 aromatic carbocycles. The van der Waals surface area contributed by atoms with E-state index in [0.717, 1.165) is 10.2 Å². The van der Waals surface area contributed by atoms with E-state index in [9.17, 15) is 4.79 Å². The minimum atomic E-state index is -0.108. The summed E-state index contributed by atoms with van der Waals surface area (Å²) < 4.78 is 1.08. The zero-order chi connectivity index (χ0) is 11.5. The molecule has 1 aromatic heterocycles. The average molecular weight is 255 g/mol. The van der Waals surface area contributed by atoms with Gasteiger partial charge in [0.05, 0.1) is 10.2 Å². The van der Waals surface area contributed by atoms with E-state index in [1.165, 1.54) is 11.3 Å². The molecule has 1 amide bonds. The summed E-state index contributed by atoms with van der Waals surface area (Å²) in [7, 11) is 0. The highest BCUT2D eigenvalue weighted by atomic mass is 35.5. The number of thiazole rings is 1. The first-order valence-electron chi connectivity index (χ1n) is 4.98. The molecule has 0 radical (unpaired) electrons. The number of halogens is 1. The van der Waals surface area contributed by atoms with Crippen molar-refractivity contribution in [3.63, 3.8) is 0 Å². The van der Waals surface area contributed by atoms with Crippen LogP contribution >= 0.6 is 22.9 Å². The number of aromatic nitrogens is 1. The zero-order valence-electron chi connectivity index (χ0n) is 8.81. The van der Waals surface area contributed by atoms with Crippen LogP contribution in [-0.4, -0.2) is 23.3 Å². The van der Waals surface area contributed by atoms with Crippen molar-refractivity contribution >= 4 is 44.2 Å². The van der Waals surface area contributed by atoms with Crippen LogP contribution in [0.2, 0.25) is 0 Å². The fourth-order valence-electron chi connectivity index (χ4n) is 1.47. The van der Waals surface area contributed by atoms with Gasteiger partial charge in [-0.05, 0) is 19.1 Å². The number of hydrogen-bond donors (Lipinski definition) is 0. The maximum Gasteiger partial charge on any atom is 0.243 e. The maximum absolute atomic E-state index is 11.6. The summed E-state index contributed by atoms with van der Waals surface area (Å²) in [5.41, 5.74) is 0.920. The third-order valence-corrected chi connectivity index (χ3v) is 3.53. The van der Waals surface area contributed by atoms with Gasteiger partial charge in [-0.3, -0.25) is 9.69 Å². The van der Waals surface area contributed by atoms with Gasteiger partial charge in [0.1, 0.15) is 5.88 Å². The lowest BCUT2D eigenvalue weighted by atomic mass is 10.3.